The van der Waals surface area contributed by atoms with Gasteiger partial charge in [0.25, 0.3) is 0 Å². The Hall–Kier alpha value is -2.28. The molecule has 0 atom stereocenters. The molecule has 1 heterocycles. The Bertz CT molecular complexity index is 582. The number of hydrogen-bond donors (Lipinski definition) is 0. The average molecular weight is 270 g/mol. The topological polar surface area (TPSA) is 41.9 Å². The Morgan fingerprint density at radius 2 is 2.10 bits per heavy atom. The molecule has 1 aromatic rings. The molecule has 0 bridgehead atoms. The van der Waals surface area contributed by atoms with Gasteiger partial charge in [-0.1, -0.05) is 25.0 Å². The summed E-state index contributed by atoms with van der Waals surface area (Å²) in [7, 11) is 1.64. The lowest BCUT2D eigenvalue weighted by Crippen LogP contribution is -2.32. The molecule has 1 aromatic carbocycles. The Kier molecular flexibility index (Phi) is 4.78. The van der Waals surface area contributed by atoms with Crippen molar-refractivity contribution in [3.8, 4) is 17.6 Å². The molecule has 0 fully saturated rings. The summed E-state index contributed by atoms with van der Waals surface area (Å²) in [6.45, 7) is 2.33. The van der Waals surface area contributed by atoms with Gasteiger partial charge in [-0.05, 0) is 12.1 Å². The highest BCUT2D eigenvalue weighted by Gasteiger charge is 2.22. The van der Waals surface area contributed by atoms with Gasteiger partial charge < -0.3 is 4.74 Å². The zero-order chi connectivity index (χ0) is 14.4. The van der Waals surface area contributed by atoms with E-state index in [0.717, 1.165) is 23.4 Å². The van der Waals surface area contributed by atoms with Crippen molar-refractivity contribution in [1.29, 1.82) is 0 Å². The van der Waals surface area contributed by atoms with Gasteiger partial charge in [0.15, 0.2) is 0 Å². The second-order valence-electron chi connectivity index (χ2n) is 4.41. The molecular formula is C16H18N2O2. The van der Waals surface area contributed by atoms with Crippen LogP contribution in [-0.2, 0) is 4.79 Å². The van der Waals surface area contributed by atoms with Crippen LogP contribution in [0.15, 0.2) is 29.4 Å². The van der Waals surface area contributed by atoms with E-state index in [1.807, 2.05) is 31.2 Å². The van der Waals surface area contributed by atoms with E-state index >= 15 is 0 Å². The Morgan fingerprint density at radius 3 is 2.85 bits per heavy atom. The second-order valence-corrected chi connectivity index (χ2v) is 4.41. The molecule has 1 amide bonds. The standard InChI is InChI=1S/C16H18N2O2/c1-3-4-7-12-18-16(19)11-10-14(17-18)13-8-5-6-9-15(13)20-2/h5-6,8-9H,3,10-12H2,1-2H3. The number of hydrazone groups is 1. The number of methoxy groups -OCH3 is 1. The van der Waals surface area contributed by atoms with Crippen molar-refractivity contribution in [2.24, 2.45) is 5.10 Å². The fraction of sp³-hybridized carbons (Fsp3) is 0.375. The van der Waals surface area contributed by atoms with E-state index in [0.29, 0.717) is 19.4 Å². The molecule has 0 saturated heterocycles. The Balaban J connectivity index is 2.27. The van der Waals surface area contributed by atoms with Gasteiger partial charge >= 0.3 is 0 Å². The molecular weight excluding hydrogens is 252 g/mol. The van der Waals surface area contributed by atoms with E-state index in [-0.39, 0.29) is 5.91 Å². The van der Waals surface area contributed by atoms with Gasteiger partial charge in [-0.3, -0.25) is 4.79 Å². The summed E-state index contributed by atoms with van der Waals surface area (Å²) in [5, 5.41) is 5.88. The van der Waals surface area contributed by atoms with Gasteiger partial charge in [0.1, 0.15) is 12.3 Å². The fourth-order valence-corrected chi connectivity index (χ4v) is 2.06. The van der Waals surface area contributed by atoms with Crippen molar-refractivity contribution in [1.82, 2.24) is 5.01 Å². The van der Waals surface area contributed by atoms with Crippen LogP contribution in [0.25, 0.3) is 0 Å². The number of benzene rings is 1. The lowest BCUT2D eigenvalue weighted by Gasteiger charge is -2.22. The first kappa shape index (κ1) is 14.1. The number of hydrogen-bond acceptors (Lipinski definition) is 3. The van der Waals surface area contributed by atoms with Crippen LogP contribution in [-0.4, -0.2) is 30.3 Å². The summed E-state index contributed by atoms with van der Waals surface area (Å²) in [4.78, 5) is 11.8. The van der Waals surface area contributed by atoms with Gasteiger partial charge in [-0.2, -0.15) is 5.10 Å². The molecule has 0 spiro atoms. The van der Waals surface area contributed by atoms with Gasteiger partial charge in [0.2, 0.25) is 5.91 Å². The first-order chi connectivity index (χ1) is 9.76. The predicted octanol–water partition coefficient (Wildman–Crippen LogP) is 2.44. The summed E-state index contributed by atoms with van der Waals surface area (Å²) in [5.41, 5.74) is 1.82. The van der Waals surface area contributed by atoms with Crippen molar-refractivity contribution in [3.05, 3.63) is 29.8 Å². The molecule has 4 nitrogen and oxygen atoms in total. The van der Waals surface area contributed by atoms with Gasteiger partial charge in [-0.15, -0.1) is 5.92 Å². The maximum absolute atomic E-state index is 11.8. The maximum Gasteiger partial charge on any atom is 0.243 e. The van der Waals surface area contributed by atoms with Crippen molar-refractivity contribution in [2.45, 2.75) is 26.2 Å². The van der Waals surface area contributed by atoms with Crippen LogP contribution >= 0.6 is 0 Å². The average Bonchev–Trinajstić information content (AvgIpc) is 2.49. The fourth-order valence-electron chi connectivity index (χ4n) is 2.06. The molecule has 0 radical (unpaired) electrons. The number of rotatable bonds is 3. The molecule has 1 aliphatic rings. The second kappa shape index (κ2) is 6.76. The van der Waals surface area contributed by atoms with Crippen LogP contribution < -0.4 is 4.74 Å². The van der Waals surface area contributed by atoms with Crippen LogP contribution in [0.1, 0.15) is 31.7 Å². The zero-order valence-corrected chi connectivity index (χ0v) is 11.8. The highest BCUT2D eigenvalue weighted by atomic mass is 16.5. The van der Waals surface area contributed by atoms with Gasteiger partial charge in [-0.25, -0.2) is 5.01 Å². The Morgan fingerprint density at radius 1 is 1.30 bits per heavy atom. The Labute approximate surface area is 119 Å². The third-order valence-electron chi connectivity index (χ3n) is 3.05. The molecule has 0 unspecified atom stereocenters. The molecule has 1 aliphatic heterocycles. The molecule has 0 aliphatic carbocycles. The number of ether oxygens (including phenoxy) is 1. The van der Waals surface area contributed by atoms with E-state index in [4.69, 9.17) is 4.74 Å². The number of nitrogens with zero attached hydrogens (tertiary/aromatic N) is 2. The SMILES string of the molecule is CCC#CCN1N=C(c2ccccc2OC)CCC1=O. The van der Waals surface area contributed by atoms with Crippen molar-refractivity contribution in [3.63, 3.8) is 0 Å². The molecule has 0 N–H and O–H groups in total. The summed E-state index contributed by atoms with van der Waals surface area (Å²) in [5.74, 6) is 6.71. The first-order valence-electron chi connectivity index (χ1n) is 6.73. The van der Waals surface area contributed by atoms with Crippen molar-refractivity contribution >= 4 is 11.6 Å². The molecule has 0 aromatic heterocycles. The van der Waals surface area contributed by atoms with E-state index in [2.05, 4.69) is 16.9 Å². The molecule has 4 heteroatoms. The lowest BCUT2D eigenvalue weighted by atomic mass is 10.0. The number of carbonyl (C=O) groups excluding carboxylic acids is 1. The van der Waals surface area contributed by atoms with Gasteiger partial charge in [0, 0.05) is 24.8 Å². The highest BCUT2D eigenvalue weighted by Crippen LogP contribution is 2.23. The minimum atomic E-state index is 0.0223. The predicted molar refractivity (Wildman–Crippen MR) is 78.5 cm³/mol. The number of para-hydroxylation sites is 1. The molecule has 20 heavy (non-hydrogen) atoms. The minimum absolute atomic E-state index is 0.0223. The van der Waals surface area contributed by atoms with Gasteiger partial charge in [0.05, 0.1) is 12.8 Å². The summed E-state index contributed by atoms with van der Waals surface area (Å²) in [6, 6.07) is 7.72. The zero-order valence-electron chi connectivity index (χ0n) is 11.8. The maximum atomic E-state index is 11.8. The summed E-state index contributed by atoms with van der Waals surface area (Å²) in [6.07, 6.45) is 1.88. The van der Waals surface area contributed by atoms with Crippen molar-refractivity contribution in [2.75, 3.05) is 13.7 Å². The first-order valence-corrected chi connectivity index (χ1v) is 6.73. The monoisotopic (exact) mass is 270 g/mol. The van der Waals surface area contributed by atoms with Crippen molar-refractivity contribution < 1.29 is 9.53 Å². The third kappa shape index (κ3) is 3.18. The minimum Gasteiger partial charge on any atom is -0.496 e. The van der Waals surface area contributed by atoms with Crippen LogP contribution in [0.2, 0.25) is 0 Å². The van der Waals surface area contributed by atoms with Crippen LogP contribution in [0.3, 0.4) is 0 Å². The normalized spacial score (nSPS) is 14.4. The van der Waals surface area contributed by atoms with E-state index < -0.39 is 0 Å². The summed E-state index contributed by atoms with van der Waals surface area (Å²) < 4.78 is 5.35. The molecule has 104 valence electrons. The number of amides is 1. The third-order valence-corrected chi connectivity index (χ3v) is 3.05. The lowest BCUT2D eigenvalue weighted by molar-refractivity contribution is -0.131. The highest BCUT2D eigenvalue weighted by molar-refractivity contribution is 6.06. The molecule has 2 rings (SSSR count). The molecule has 0 saturated carbocycles. The van der Waals surface area contributed by atoms with Crippen LogP contribution in [0.5, 0.6) is 5.75 Å². The van der Waals surface area contributed by atoms with E-state index in [1.165, 1.54) is 5.01 Å². The quantitative estimate of drug-likeness (QED) is 0.792. The van der Waals surface area contributed by atoms with Crippen LogP contribution in [0.4, 0.5) is 0 Å². The number of carbonyl (C=O) groups is 1. The van der Waals surface area contributed by atoms with Crippen LogP contribution in [0, 0.1) is 11.8 Å². The van der Waals surface area contributed by atoms with E-state index in [9.17, 15) is 4.79 Å². The van der Waals surface area contributed by atoms with E-state index in [1.54, 1.807) is 7.11 Å². The largest absolute Gasteiger partial charge is 0.496 e. The smallest absolute Gasteiger partial charge is 0.243 e. The summed E-state index contributed by atoms with van der Waals surface area (Å²) >= 11 is 0.